The summed E-state index contributed by atoms with van der Waals surface area (Å²) in [6.07, 6.45) is -0.142. The van der Waals surface area contributed by atoms with Crippen LogP contribution in [-0.2, 0) is 9.84 Å². The van der Waals surface area contributed by atoms with Gasteiger partial charge in [-0.25, -0.2) is 12.8 Å². The molecule has 80 valence electrons. The second-order valence-electron chi connectivity index (χ2n) is 3.15. The molecule has 0 saturated heterocycles. The molecule has 0 aliphatic heterocycles. The van der Waals surface area contributed by atoms with Crippen LogP contribution in [0.25, 0.3) is 0 Å². The van der Waals surface area contributed by atoms with Gasteiger partial charge in [0, 0.05) is 0 Å². The summed E-state index contributed by atoms with van der Waals surface area (Å²) in [7, 11) is -3.73. The topological polar surface area (TPSA) is 57.9 Å². The number of rotatable bonds is 3. The minimum Gasteiger partial charge on any atom is -0.223 e. The normalized spacial score (nSPS) is 13.1. The van der Waals surface area contributed by atoms with Crippen molar-refractivity contribution < 1.29 is 12.8 Å². The van der Waals surface area contributed by atoms with Crippen molar-refractivity contribution in [3.63, 3.8) is 0 Å². The maximum atomic E-state index is 13.2. The zero-order chi connectivity index (χ0) is 11.5. The summed E-state index contributed by atoms with van der Waals surface area (Å²) in [5.74, 6) is -0.776. The van der Waals surface area contributed by atoms with Crippen LogP contribution in [0.15, 0.2) is 29.2 Å². The number of nitrogens with zero attached hydrogens (tertiary/aromatic N) is 1. The minimum absolute atomic E-state index is 0.142. The Morgan fingerprint density at radius 1 is 1.47 bits per heavy atom. The summed E-state index contributed by atoms with van der Waals surface area (Å²) in [5, 5.41) is 7.52. The number of hydrogen-bond donors (Lipinski definition) is 0. The lowest BCUT2D eigenvalue weighted by atomic mass is 10.3. The van der Waals surface area contributed by atoms with Crippen LogP contribution in [0.4, 0.5) is 4.39 Å². The van der Waals surface area contributed by atoms with Gasteiger partial charge in [0.25, 0.3) is 0 Å². The molecule has 5 heteroatoms. The third-order valence-electron chi connectivity index (χ3n) is 2.05. The summed E-state index contributed by atoms with van der Waals surface area (Å²) in [5.41, 5.74) is 0. The van der Waals surface area contributed by atoms with E-state index in [4.69, 9.17) is 5.26 Å². The number of benzene rings is 1. The van der Waals surface area contributed by atoms with Gasteiger partial charge in [-0.1, -0.05) is 12.1 Å². The first kappa shape index (κ1) is 11.7. The summed E-state index contributed by atoms with van der Waals surface area (Å²) < 4.78 is 36.7. The van der Waals surface area contributed by atoms with E-state index in [-0.39, 0.29) is 11.3 Å². The Bertz CT molecular complexity index is 490. The molecule has 0 saturated carbocycles. The van der Waals surface area contributed by atoms with Crippen molar-refractivity contribution >= 4 is 9.84 Å². The van der Waals surface area contributed by atoms with Gasteiger partial charge in [0.15, 0.2) is 9.84 Å². The van der Waals surface area contributed by atoms with Gasteiger partial charge in [0.1, 0.15) is 10.7 Å². The van der Waals surface area contributed by atoms with E-state index in [1.807, 2.05) is 0 Å². The molecule has 3 nitrogen and oxygen atoms in total. The van der Waals surface area contributed by atoms with E-state index in [1.54, 1.807) is 6.07 Å². The molecule has 0 N–H and O–H groups in total. The minimum atomic E-state index is -3.73. The van der Waals surface area contributed by atoms with Gasteiger partial charge in [-0.05, 0) is 19.1 Å². The molecule has 1 rings (SSSR count). The van der Waals surface area contributed by atoms with Crippen LogP contribution in [-0.4, -0.2) is 13.7 Å². The first-order chi connectivity index (χ1) is 7.00. The molecule has 0 amide bonds. The molecule has 0 aromatic heterocycles. The fourth-order valence-electron chi connectivity index (χ4n) is 1.13. The smallest absolute Gasteiger partial charge is 0.184 e. The predicted octanol–water partition coefficient (Wildman–Crippen LogP) is 1.90. The van der Waals surface area contributed by atoms with E-state index in [1.165, 1.54) is 25.1 Å². The van der Waals surface area contributed by atoms with Gasteiger partial charge in [-0.3, -0.25) is 0 Å². The Balaban J connectivity index is 3.19. The molecule has 1 aromatic carbocycles. The Kier molecular flexibility index (Phi) is 3.43. The van der Waals surface area contributed by atoms with E-state index >= 15 is 0 Å². The van der Waals surface area contributed by atoms with Crippen molar-refractivity contribution in [1.29, 1.82) is 5.26 Å². The Hall–Kier alpha value is -1.41. The molecule has 0 spiro atoms. The van der Waals surface area contributed by atoms with Crippen molar-refractivity contribution in [1.82, 2.24) is 0 Å². The molecule has 0 aliphatic carbocycles. The van der Waals surface area contributed by atoms with Gasteiger partial charge in [0.05, 0.1) is 17.7 Å². The molecule has 1 aromatic rings. The van der Waals surface area contributed by atoms with E-state index < -0.39 is 20.9 Å². The van der Waals surface area contributed by atoms with E-state index in [0.29, 0.717) is 0 Å². The van der Waals surface area contributed by atoms with E-state index in [2.05, 4.69) is 0 Å². The summed E-state index contributed by atoms with van der Waals surface area (Å²) in [6.45, 7) is 1.39. The SMILES string of the molecule is CC(CC#N)S(=O)(=O)c1ccccc1F. The average molecular weight is 227 g/mol. The quantitative estimate of drug-likeness (QED) is 0.792. The summed E-state index contributed by atoms with van der Waals surface area (Å²) in [4.78, 5) is -0.340. The maximum absolute atomic E-state index is 13.2. The molecule has 0 radical (unpaired) electrons. The lowest BCUT2D eigenvalue weighted by Gasteiger charge is -2.09. The highest BCUT2D eigenvalue weighted by Crippen LogP contribution is 2.20. The Labute approximate surface area is 88.1 Å². The second-order valence-corrected chi connectivity index (χ2v) is 5.48. The molecule has 0 aliphatic rings. The highest BCUT2D eigenvalue weighted by atomic mass is 32.2. The van der Waals surface area contributed by atoms with Gasteiger partial charge in [0.2, 0.25) is 0 Å². The fourth-order valence-corrected chi connectivity index (χ4v) is 2.47. The largest absolute Gasteiger partial charge is 0.223 e. The molecular formula is C10H10FNO2S. The molecule has 0 fully saturated rings. The van der Waals surface area contributed by atoms with Crippen LogP contribution in [0.3, 0.4) is 0 Å². The number of halogens is 1. The van der Waals surface area contributed by atoms with Crippen LogP contribution < -0.4 is 0 Å². The van der Waals surface area contributed by atoms with Crippen LogP contribution in [0.2, 0.25) is 0 Å². The first-order valence-corrected chi connectivity index (χ1v) is 5.90. The van der Waals surface area contributed by atoms with Gasteiger partial charge >= 0.3 is 0 Å². The summed E-state index contributed by atoms with van der Waals surface area (Å²) >= 11 is 0. The third kappa shape index (κ3) is 2.34. The molecule has 0 heterocycles. The van der Waals surface area contributed by atoms with Gasteiger partial charge < -0.3 is 0 Å². The highest BCUT2D eigenvalue weighted by Gasteiger charge is 2.25. The van der Waals surface area contributed by atoms with Crippen molar-refractivity contribution in [3.05, 3.63) is 30.1 Å². The standard InChI is InChI=1S/C10H10FNO2S/c1-8(6-7-12)15(13,14)10-5-3-2-4-9(10)11/h2-5,8H,6H2,1H3. The van der Waals surface area contributed by atoms with Gasteiger partial charge in [-0.2, -0.15) is 5.26 Å². The number of nitriles is 1. The van der Waals surface area contributed by atoms with E-state index in [9.17, 15) is 12.8 Å². The fraction of sp³-hybridized carbons (Fsp3) is 0.300. The van der Waals surface area contributed by atoms with Crippen molar-refractivity contribution in [2.75, 3.05) is 0 Å². The molecule has 15 heavy (non-hydrogen) atoms. The maximum Gasteiger partial charge on any atom is 0.184 e. The molecule has 1 atom stereocenters. The average Bonchev–Trinajstić information content (AvgIpc) is 2.18. The van der Waals surface area contributed by atoms with Crippen molar-refractivity contribution in [2.24, 2.45) is 0 Å². The number of sulfone groups is 1. The molecular weight excluding hydrogens is 217 g/mol. The molecule has 0 bridgehead atoms. The van der Waals surface area contributed by atoms with E-state index in [0.717, 1.165) is 6.07 Å². The van der Waals surface area contributed by atoms with Crippen molar-refractivity contribution in [2.45, 2.75) is 23.5 Å². The third-order valence-corrected chi connectivity index (χ3v) is 4.22. The first-order valence-electron chi connectivity index (χ1n) is 4.35. The van der Waals surface area contributed by atoms with Gasteiger partial charge in [-0.15, -0.1) is 0 Å². The van der Waals surface area contributed by atoms with Crippen LogP contribution in [0.1, 0.15) is 13.3 Å². The zero-order valence-corrected chi connectivity index (χ0v) is 8.96. The van der Waals surface area contributed by atoms with Crippen LogP contribution >= 0.6 is 0 Å². The van der Waals surface area contributed by atoms with Crippen LogP contribution in [0.5, 0.6) is 0 Å². The van der Waals surface area contributed by atoms with Crippen LogP contribution in [0, 0.1) is 17.1 Å². The lowest BCUT2D eigenvalue weighted by molar-refractivity contribution is 0.559. The Morgan fingerprint density at radius 3 is 2.60 bits per heavy atom. The predicted molar refractivity (Wildman–Crippen MR) is 53.3 cm³/mol. The second kappa shape index (κ2) is 4.41. The highest BCUT2D eigenvalue weighted by molar-refractivity contribution is 7.92. The van der Waals surface area contributed by atoms with Crippen molar-refractivity contribution in [3.8, 4) is 6.07 Å². The zero-order valence-electron chi connectivity index (χ0n) is 8.14. The Morgan fingerprint density at radius 2 is 2.07 bits per heavy atom. The molecule has 1 unspecified atom stereocenters. The lowest BCUT2D eigenvalue weighted by Crippen LogP contribution is -2.18. The number of hydrogen-bond acceptors (Lipinski definition) is 3. The summed E-state index contributed by atoms with van der Waals surface area (Å²) in [6, 6.07) is 6.93. The monoisotopic (exact) mass is 227 g/mol.